The van der Waals surface area contributed by atoms with E-state index in [-0.39, 0.29) is 0 Å². The molecule has 2 unspecified atom stereocenters. The van der Waals surface area contributed by atoms with Gasteiger partial charge in [0.15, 0.2) is 0 Å². The second kappa shape index (κ2) is 5.17. The maximum atomic E-state index is 11.1. The molecule has 1 N–H and O–H groups in total. The predicted molar refractivity (Wildman–Crippen MR) is 86.1 cm³/mol. The van der Waals surface area contributed by atoms with E-state index in [2.05, 4.69) is 20.8 Å². The zero-order chi connectivity index (χ0) is 15.1. The topological polar surface area (TPSA) is 33.4 Å². The molecule has 1 aliphatic carbocycles. The van der Waals surface area contributed by atoms with Crippen LogP contribution in [0.2, 0.25) is 0 Å². The Morgan fingerprint density at radius 1 is 1.14 bits per heavy atom. The number of fused-ring (bicyclic) bond motifs is 1. The fraction of sp³-hybridized carbons (Fsp3) is 0.579. The summed E-state index contributed by atoms with van der Waals surface area (Å²) >= 11 is 0. The summed E-state index contributed by atoms with van der Waals surface area (Å²) in [5, 5.41) is 12.2. The number of rotatable bonds is 1. The van der Waals surface area contributed by atoms with Crippen molar-refractivity contribution >= 4 is 11.0 Å². The summed E-state index contributed by atoms with van der Waals surface area (Å²) in [5.74, 6) is 1.43. The lowest BCUT2D eigenvalue weighted by molar-refractivity contribution is -0.00121. The highest BCUT2D eigenvalue weighted by Crippen LogP contribution is 2.44. The van der Waals surface area contributed by atoms with Crippen LogP contribution in [0.15, 0.2) is 34.7 Å². The van der Waals surface area contributed by atoms with E-state index < -0.39 is 5.60 Å². The molecule has 2 nitrogen and oxygen atoms in total. The van der Waals surface area contributed by atoms with Crippen molar-refractivity contribution in [3.63, 3.8) is 0 Å². The lowest BCUT2D eigenvalue weighted by atomic mass is 9.76. The predicted octanol–water partition coefficient (Wildman–Crippen LogP) is 5.25. The van der Waals surface area contributed by atoms with Crippen molar-refractivity contribution in [2.45, 2.75) is 58.5 Å². The molecule has 0 aliphatic heterocycles. The minimum Gasteiger partial charge on any atom is -0.458 e. The van der Waals surface area contributed by atoms with E-state index in [1.807, 2.05) is 30.3 Å². The number of aliphatic hydroxyl groups is 1. The molecule has 0 amide bonds. The van der Waals surface area contributed by atoms with E-state index in [1.165, 1.54) is 6.42 Å². The van der Waals surface area contributed by atoms with Gasteiger partial charge in [-0.25, -0.2) is 0 Å². The summed E-state index contributed by atoms with van der Waals surface area (Å²) in [7, 11) is 0. The Kier molecular flexibility index (Phi) is 3.61. The third kappa shape index (κ3) is 2.87. The molecule has 0 bridgehead atoms. The Hall–Kier alpha value is -1.28. The quantitative estimate of drug-likeness (QED) is 0.727. The summed E-state index contributed by atoms with van der Waals surface area (Å²) in [5.41, 5.74) is 0.399. The van der Waals surface area contributed by atoms with Crippen LogP contribution >= 0.6 is 0 Å². The summed E-state index contributed by atoms with van der Waals surface area (Å²) in [6, 6.07) is 10.0. The van der Waals surface area contributed by atoms with E-state index in [9.17, 15) is 5.11 Å². The summed E-state index contributed by atoms with van der Waals surface area (Å²) in [6.07, 6.45) is 4.94. The van der Waals surface area contributed by atoms with Crippen LogP contribution in [0.3, 0.4) is 0 Å². The van der Waals surface area contributed by atoms with Gasteiger partial charge in [-0.2, -0.15) is 0 Å². The first-order chi connectivity index (χ1) is 9.88. The first-order valence-electron chi connectivity index (χ1n) is 8.10. The van der Waals surface area contributed by atoms with Crippen LogP contribution in [0.1, 0.15) is 58.6 Å². The minimum absolute atomic E-state index is 0.319. The number of para-hydroxylation sites is 1. The summed E-state index contributed by atoms with van der Waals surface area (Å²) in [6.45, 7) is 6.93. The number of benzene rings is 1. The highest BCUT2D eigenvalue weighted by atomic mass is 16.4. The van der Waals surface area contributed by atoms with E-state index >= 15 is 0 Å². The van der Waals surface area contributed by atoms with Gasteiger partial charge in [0.1, 0.15) is 16.9 Å². The van der Waals surface area contributed by atoms with Gasteiger partial charge in [0, 0.05) is 5.39 Å². The van der Waals surface area contributed by atoms with E-state index in [0.29, 0.717) is 11.3 Å². The second-order valence-electron chi connectivity index (χ2n) is 7.67. The minimum atomic E-state index is -0.793. The van der Waals surface area contributed by atoms with E-state index in [1.54, 1.807) is 0 Å². The molecule has 1 aromatic carbocycles. The molecule has 0 spiro atoms. The van der Waals surface area contributed by atoms with Crippen LogP contribution in [0.25, 0.3) is 11.0 Å². The summed E-state index contributed by atoms with van der Waals surface area (Å²) in [4.78, 5) is 0. The molecule has 21 heavy (non-hydrogen) atoms. The maximum absolute atomic E-state index is 11.1. The monoisotopic (exact) mass is 286 g/mol. The Labute approximate surface area is 127 Å². The van der Waals surface area contributed by atoms with Gasteiger partial charge in [-0.3, -0.25) is 0 Å². The molecule has 114 valence electrons. The molecule has 1 saturated carbocycles. The van der Waals surface area contributed by atoms with Crippen molar-refractivity contribution < 1.29 is 9.52 Å². The van der Waals surface area contributed by atoms with Crippen molar-refractivity contribution in [3.05, 3.63) is 36.1 Å². The number of hydrogen-bond acceptors (Lipinski definition) is 2. The van der Waals surface area contributed by atoms with Gasteiger partial charge in [0.25, 0.3) is 0 Å². The third-order valence-electron chi connectivity index (χ3n) is 5.16. The van der Waals surface area contributed by atoms with E-state index in [4.69, 9.17) is 4.42 Å². The Bertz CT molecular complexity index is 587. The van der Waals surface area contributed by atoms with Crippen molar-refractivity contribution in [2.75, 3.05) is 0 Å². The van der Waals surface area contributed by atoms with Gasteiger partial charge < -0.3 is 9.52 Å². The molecule has 0 radical (unpaired) electrons. The van der Waals surface area contributed by atoms with Crippen molar-refractivity contribution in [1.82, 2.24) is 0 Å². The zero-order valence-electron chi connectivity index (χ0n) is 13.4. The second-order valence-corrected chi connectivity index (χ2v) is 7.67. The molecule has 3 rings (SSSR count). The van der Waals surface area contributed by atoms with Crippen molar-refractivity contribution in [3.8, 4) is 0 Å². The largest absolute Gasteiger partial charge is 0.458 e. The number of furan rings is 1. The highest BCUT2D eigenvalue weighted by molar-refractivity contribution is 5.77. The highest BCUT2D eigenvalue weighted by Gasteiger charge is 2.38. The lowest BCUT2D eigenvalue weighted by Gasteiger charge is -2.30. The summed E-state index contributed by atoms with van der Waals surface area (Å²) < 4.78 is 5.94. The van der Waals surface area contributed by atoms with Crippen LogP contribution in [-0.4, -0.2) is 5.11 Å². The average molecular weight is 286 g/mol. The lowest BCUT2D eigenvalue weighted by Crippen LogP contribution is -2.25. The molecular formula is C19H26O2. The Balaban J connectivity index is 1.86. The van der Waals surface area contributed by atoms with Crippen LogP contribution in [0.5, 0.6) is 0 Å². The van der Waals surface area contributed by atoms with Gasteiger partial charge >= 0.3 is 0 Å². The van der Waals surface area contributed by atoms with Crippen LogP contribution in [0, 0.1) is 11.3 Å². The normalized spacial score (nSPS) is 27.7. The fourth-order valence-electron chi connectivity index (χ4n) is 3.65. The molecule has 1 fully saturated rings. The molecule has 2 aromatic rings. The Morgan fingerprint density at radius 3 is 2.62 bits per heavy atom. The first-order valence-corrected chi connectivity index (χ1v) is 8.10. The van der Waals surface area contributed by atoms with Crippen molar-refractivity contribution in [1.29, 1.82) is 0 Å². The van der Waals surface area contributed by atoms with Gasteiger partial charge in [0.05, 0.1) is 0 Å². The maximum Gasteiger partial charge on any atom is 0.136 e. The fourth-order valence-corrected chi connectivity index (χ4v) is 3.65. The van der Waals surface area contributed by atoms with Crippen LogP contribution in [-0.2, 0) is 5.60 Å². The molecule has 1 aliphatic rings. The zero-order valence-corrected chi connectivity index (χ0v) is 13.4. The SMILES string of the molecule is CC(C)(C)C1CCCC(O)(c2cc3ccccc3o2)CC1. The average Bonchev–Trinajstić information content (AvgIpc) is 2.75. The van der Waals surface area contributed by atoms with Crippen LogP contribution < -0.4 is 0 Å². The van der Waals surface area contributed by atoms with E-state index in [0.717, 1.165) is 42.4 Å². The molecule has 1 heterocycles. The molecule has 0 saturated heterocycles. The van der Waals surface area contributed by atoms with Gasteiger partial charge in [0.2, 0.25) is 0 Å². The van der Waals surface area contributed by atoms with Gasteiger partial charge in [-0.15, -0.1) is 0 Å². The Morgan fingerprint density at radius 2 is 1.90 bits per heavy atom. The first kappa shape index (κ1) is 14.6. The molecule has 2 atom stereocenters. The molecular weight excluding hydrogens is 260 g/mol. The van der Waals surface area contributed by atoms with Crippen LogP contribution in [0.4, 0.5) is 0 Å². The molecule has 1 aromatic heterocycles. The van der Waals surface area contributed by atoms with Gasteiger partial charge in [-0.1, -0.05) is 39.0 Å². The molecule has 2 heteroatoms. The smallest absolute Gasteiger partial charge is 0.136 e. The number of hydrogen-bond donors (Lipinski definition) is 1. The van der Waals surface area contributed by atoms with Gasteiger partial charge in [-0.05, 0) is 55.6 Å². The van der Waals surface area contributed by atoms with Crippen molar-refractivity contribution in [2.24, 2.45) is 11.3 Å². The third-order valence-corrected chi connectivity index (χ3v) is 5.16. The standard InChI is InChI=1S/C19H26O2/c1-18(2,3)15-8-6-11-19(20,12-10-15)17-13-14-7-4-5-9-16(14)21-17/h4-5,7,9,13,15,20H,6,8,10-12H2,1-3H3.